The molecule has 32 heavy (non-hydrogen) atoms. The summed E-state index contributed by atoms with van der Waals surface area (Å²) in [6.07, 6.45) is 6.76. The average molecular weight is 432 g/mol. The number of hydrogen-bond donors (Lipinski definition) is 1. The Morgan fingerprint density at radius 3 is 2.81 bits per heavy atom. The zero-order chi connectivity index (χ0) is 22.1. The smallest absolute Gasteiger partial charge is 0.342 e. The first kappa shape index (κ1) is 20.2. The van der Waals surface area contributed by atoms with Gasteiger partial charge in [-0.15, -0.1) is 0 Å². The van der Waals surface area contributed by atoms with E-state index in [2.05, 4.69) is 27.4 Å². The van der Waals surface area contributed by atoms with E-state index < -0.39 is 0 Å². The Morgan fingerprint density at radius 1 is 1.16 bits per heavy atom. The van der Waals surface area contributed by atoms with Gasteiger partial charge in [-0.05, 0) is 43.9 Å². The molecule has 1 fully saturated rings. The largest absolute Gasteiger partial charge is 0.457 e. The summed E-state index contributed by atoms with van der Waals surface area (Å²) in [5.74, 6) is 0.419. The molecule has 0 radical (unpaired) electrons. The van der Waals surface area contributed by atoms with Crippen molar-refractivity contribution < 1.29 is 14.3 Å². The summed E-state index contributed by atoms with van der Waals surface area (Å²) in [6, 6.07) is 9.33. The molecule has 1 aromatic carbocycles. The van der Waals surface area contributed by atoms with Gasteiger partial charge in [-0.2, -0.15) is 15.0 Å². The average Bonchev–Trinajstić information content (AvgIpc) is 3.49. The van der Waals surface area contributed by atoms with Crippen LogP contribution in [0, 0.1) is 5.92 Å². The van der Waals surface area contributed by atoms with E-state index in [0.717, 1.165) is 18.4 Å². The van der Waals surface area contributed by atoms with Gasteiger partial charge in [0.1, 0.15) is 18.0 Å². The molecule has 3 aromatic rings. The second-order valence-corrected chi connectivity index (χ2v) is 8.24. The van der Waals surface area contributed by atoms with Gasteiger partial charge in [0.2, 0.25) is 0 Å². The second-order valence-electron chi connectivity index (χ2n) is 8.24. The molecule has 9 heteroatoms. The van der Waals surface area contributed by atoms with Crippen molar-refractivity contribution in [2.75, 3.05) is 18.4 Å². The molecule has 0 aliphatic carbocycles. The van der Waals surface area contributed by atoms with E-state index in [0.29, 0.717) is 42.3 Å². The van der Waals surface area contributed by atoms with E-state index in [1.165, 1.54) is 4.80 Å². The number of pyridine rings is 1. The number of rotatable bonds is 5. The number of para-hydroxylation sites is 1. The van der Waals surface area contributed by atoms with Crippen molar-refractivity contribution in [3.8, 4) is 5.69 Å². The first-order chi connectivity index (χ1) is 15.6. The van der Waals surface area contributed by atoms with Crippen molar-refractivity contribution in [1.82, 2.24) is 24.9 Å². The molecular weight excluding hydrogens is 408 g/mol. The molecule has 1 saturated heterocycles. The van der Waals surface area contributed by atoms with Crippen LogP contribution in [0.1, 0.15) is 46.0 Å². The summed E-state index contributed by atoms with van der Waals surface area (Å²) in [7, 11) is 0. The van der Waals surface area contributed by atoms with Crippen LogP contribution in [0.4, 0.5) is 5.82 Å². The molecule has 5 rings (SSSR count). The molecule has 0 spiro atoms. The molecule has 2 aliphatic heterocycles. The van der Waals surface area contributed by atoms with E-state index in [4.69, 9.17) is 4.74 Å². The zero-order valence-corrected chi connectivity index (χ0v) is 17.8. The fraction of sp³-hybridized carbons (Fsp3) is 0.348. The number of piperidine rings is 1. The Labute approximate surface area is 185 Å². The van der Waals surface area contributed by atoms with E-state index in [-0.39, 0.29) is 23.8 Å². The lowest BCUT2D eigenvalue weighted by Gasteiger charge is -2.38. The van der Waals surface area contributed by atoms with Gasteiger partial charge < -0.3 is 15.0 Å². The number of anilines is 1. The fourth-order valence-corrected chi connectivity index (χ4v) is 4.40. The number of aromatic nitrogens is 4. The van der Waals surface area contributed by atoms with Crippen LogP contribution in [0.3, 0.4) is 0 Å². The monoisotopic (exact) mass is 432 g/mol. The Bertz CT molecular complexity index is 1150. The molecule has 1 N–H and O–H groups in total. The van der Waals surface area contributed by atoms with Gasteiger partial charge in [0.25, 0.3) is 5.91 Å². The highest BCUT2D eigenvalue weighted by atomic mass is 16.5. The highest BCUT2D eigenvalue weighted by Crippen LogP contribution is 2.28. The van der Waals surface area contributed by atoms with Crippen molar-refractivity contribution in [3.05, 3.63) is 65.6 Å². The van der Waals surface area contributed by atoms with Crippen molar-refractivity contribution in [2.24, 2.45) is 5.92 Å². The van der Waals surface area contributed by atoms with Crippen LogP contribution in [-0.4, -0.2) is 55.9 Å². The summed E-state index contributed by atoms with van der Waals surface area (Å²) < 4.78 is 5.13. The maximum absolute atomic E-state index is 13.5. The number of cyclic esters (lactones) is 1. The summed E-state index contributed by atoms with van der Waals surface area (Å²) in [5, 5.41) is 11.7. The van der Waals surface area contributed by atoms with Gasteiger partial charge in [-0.1, -0.05) is 12.1 Å². The molecule has 9 nitrogen and oxygen atoms in total. The number of carbonyl (C=O) groups is 2. The predicted octanol–water partition coefficient (Wildman–Crippen LogP) is 2.69. The molecule has 1 unspecified atom stereocenters. The van der Waals surface area contributed by atoms with Gasteiger partial charge >= 0.3 is 5.97 Å². The minimum absolute atomic E-state index is 0.0302. The number of fused-ring (bicyclic) bond motifs is 1. The van der Waals surface area contributed by atoms with E-state index >= 15 is 0 Å². The summed E-state index contributed by atoms with van der Waals surface area (Å²) in [5.41, 5.74) is 2.61. The number of carbonyl (C=O) groups excluding carboxylic acids is 2. The highest BCUT2D eigenvalue weighted by molar-refractivity contribution is 5.98. The number of nitrogens with zero attached hydrogens (tertiary/aromatic N) is 5. The van der Waals surface area contributed by atoms with Crippen LogP contribution in [0.15, 0.2) is 48.9 Å². The number of benzene rings is 1. The first-order valence-electron chi connectivity index (χ1n) is 10.8. The minimum atomic E-state index is -0.339. The highest BCUT2D eigenvalue weighted by Gasteiger charge is 2.32. The molecule has 0 bridgehead atoms. The standard InChI is InChI=1S/C23H24N6O3/c1-15-6-7-16(12-25-21-20-17(8-9-24-21)14-32-23(20)31)13-28(15)22(30)18-4-2-3-5-19(18)29-26-10-11-27-29/h2-5,8-11,15-16H,6-7,12-14H2,1H3,(H,24,25)/t15-,16?/m1/s1. The molecule has 2 atom stereocenters. The minimum Gasteiger partial charge on any atom is -0.457 e. The van der Waals surface area contributed by atoms with E-state index in [1.807, 2.05) is 29.2 Å². The second kappa shape index (κ2) is 8.41. The lowest BCUT2D eigenvalue weighted by atomic mass is 9.92. The normalized spacial score (nSPS) is 20.0. The van der Waals surface area contributed by atoms with Crippen LogP contribution in [0.5, 0.6) is 0 Å². The number of hydrogen-bond acceptors (Lipinski definition) is 7. The molecular formula is C23H24N6O3. The Balaban J connectivity index is 1.31. The molecule has 1 amide bonds. The summed E-state index contributed by atoms with van der Waals surface area (Å²) in [6.45, 7) is 3.61. The fourth-order valence-electron chi connectivity index (χ4n) is 4.40. The van der Waals surface area contributed by atoms with Crippen molar-refractivity contribution in [1.29, 1.82) is 0 Å². The molecule has 0 saturated carbocycles. The van der Waals surface area contributed by atoms with Gasteiger partial charge in [0, 0.05) is 30.9 Å². The first-order valence-corrected chi connectivity index (χ1v) is 10.8. The summed E-state index contributed by atoms with van der Waals surface area (Å²) >= 11 is 0. The third kappa shape index (κ3) is 3.70. The topological polar surface area (TPSA) is 102 Å². The van der Waals surface area contributed by atoms with Gasteiger partial charge in [0.15, 0.2) is 0 Å². The van der Waals surface area contributed by atoms with Crippen molar-refractivity contribution in [3.63, 3.8) is 0 Å². The number of ether oxygens (including phenoxy) is 1. The van der Waals surface area contributed by atoms with E-state index in [9.17, 15) is 9.59 Å². The van der Waals surface area contributed by atoms with Gasteiger partial charge in [-0.3, -0.25) is 4.79 Å². The van der Waals surface area contributed by atoms with Crippen molar-refractivity contribution >= 4 is 17.7 Å². The van der Waals surface area contributed by atoms with Crippen LogP contribution >= 0.6 is 0 Å². The quantitative estimate of drug-likeness (QED) is 0.619. The molecule has 2 aromatic heterocycles. The maximum atomic E-state index is 13.5. The van der Waals surface area contributed by atoms with Crippen LogP contribution in [-0.2, 0) is 11.3 Å². The molecule has 4 heterocycles. The lowest BCUT2D eigenvalue weighted by molar-refractivity contribution is 0.0535. The SMILES string of the molecule is C[C@@H]1CCC(CNc2nccc3c2C(=O)OC3)CN1C(=O)c1ccccc1-n1nccn1. The number of nitrogens with one attached hydrogen (secondary N) is 1. The van der Waals surface area contributed by atoms with Crippen LogP contribution in [0.2, 0.25) is 0 Å². The zero-order valence-electron chi connectivity index (χ0n) is 17.8. The Hall–Kier alpha value is -3.75. The third-order valence-electron chi connectivity index (χ3n) is 6.17. The van der Waals surface area contributed by atoms with Gasteiger partial charge in [0.05, 0.1) is 23.6 Å². The Morgan fingerprint density at radius 2 is 1.97 bits per heavy atom. The predicted molar refractivity (Wildman–Crippen MR) is 116 cm³/mol. The lowest BCUT2D eigenvalue weighted by Crippen LogP contribution is -2.47. The molecule has 164 valence electrons. The summed E-state index contributed by atoms with van der Waals surface area (Å²) in [4.78, 5) is 33.3. The Kier molecular flexibility index (Phi) is 5.30. The van der Waals surface area contributed by atoms with E-state index in [1.54, 1.807) is 24.7 Å². The maximum Gasteiger partial charge on any atom is 0.342 e. The third-order valence-corrected chi connectivity index (χ3v) is 6.17. The number of amides is 1. The van der Waals surface area contributed by atoms with Crippen LogP contribution < -0.4 is 5.32 Å². The number of likely N-dealkylation sites (tertiary alicyclic amines) is 1. The molecule has 2 aliphatic rings. The number of esters is 1. The van der Waals surface area contributed by atoms with Gasteiger partial charge in [-0.25, -0.2) is 9.78 Å². The van der Waals surface area contributed by atoms with Crippen molar-refractivity contribution in [2.45, 2.75) is 32.4 Å². The van der Waals surface area contributed by atoms with Crippen LogP contribution in [0.25, 0.3) is 5.69 Å².